The molecule has 0 radical (unpaired) electrons. The second-order valence-electron chi connectivity index (χ2n) is 6.62. The van der Waals surface area contributed by atoms with Gasteiger partial charge in [-0.3, -0.25) is 4.79 Å². The van der Waals surface area contributed by atoms with Crippen LogP contribution in [0.2, 0.25) is 0 Å². The number of sulfonamides is 1. The van der Waals surface area contributed by atoms with Gasteiger partial charge in [-0.2, -0.15) is 4.98 Å². The number of ether oxygens (including phenoxy) is 1. The summed E-state index contributed by atoms with van der Waals surface area (Å²) < 4.78 is 36.4. The molecule has 0 saturated carbocycles. The van der Waals surface area contributed by atoms with Crippen molar-refractivity contribution in [1.29, 1.82) is 0 Å². The second kappa shape index (κ2) is 9.06. The van der Waals surface area contributed by atoms with Gasteiger partial charge < -0.3 is 14.6 Å². The highest BCUT2D eigenvalue weighted by Crippen LogP contribution is 2.20. The van der Waals surface area contributed by atoms with Crippen molar-refractivity contribution in [1.82, 2.24) is 19.8 Å². The van der Waals surface area contributed by atoms with Gasteiger partial charge in [0.1, 0.15) is 5.75 Å². The molecule has 2 aromatic carbocycles. The lowest BCUT2D eigenvalue weighted by atomic mass is 10.2. The summed E-state index contributed by atoms with van der Waals surface area (Å²) in [5.74, 6) is 1.08. The van der Waals surface area contributed by atoms with E-state index in [1.807, 2.05) is 0 Å². The lowest BCUT2D eigenvalue weighted by Crippen LogP contribution is -2.30. The molecule has 1 N–H and O–H groups in total. The Hall–Kier alpha value is -3.24. The standard InChI is InChI=1S/C20H22N4O5S/c1-14-22-20(23-29-14)15-8-10-17(11-9-15)28-13-19(25)21-12-16-6-4-5-7-18(16)30(26,27)24(2)3/h4-11H,12-13H2,1-3H3,(H,21,25). The van der Waals surface area contributed by atoms with Crippen molar-refractivity contribution >= 4 is 15.9 Å². The monoisotopic (exact) mass is 430 g/mol. The van der Waals surface area contributed by atoms with Crippen molar-refractivity contribution in [2.24, 2.45) is 0 Å². The number of nitrogens with zero attached hydrogens (tertiary/aromatic N) is 3. The van der Waals surface area contributed by atoms with Gasteiger partial charge in [0.15, 0.2) is 6.61 Å². The summed E-state index contributed by atoms with van der Waals surface area (Å²) in [6.45, 7) is 1.58. The van der Waals surface area contributed by atoms with Crippen LogP contribution in [-0.2, 0) is 21.4 Å². The van der Waals surface area contributed by atoms with Gasteiger partial charge in [-0.15, -0.1) is 0 Å². The smallest absolute Gasteiger partial charge is 0.258 e. The minimum atomic E-state index is -3.60. The summed E-state index contributed by atoms with van der Waals surface area (Å²) >= 11 is 0. The van der Waals surface area contributed by atoms with Crippen molar-refractivity contribution in [2.45, 2.75) is 18.4 Å². The molecule has 1 amide bonds. The fraction of sp³-hybridized carbons (Fsp3) is 0.250. The van der Waals surface area contributed by atoms with E-state index in [0.29, 0.717) is 23.0 Å². The van der Waals surface area contributed by atoms with E-state index in [4.69, 9.17) is 9.26 Å². The maximum atomic E-state index is 12.4. The van der Waals surface area contributed by atoms with Crippen LogP contribution in [0.3, 0.4) is 0 Å². The van der Waals surface area contributed by atoms with Gasteiger partial charge in [-0.25, -0.2) is 12.7 Å². The molecule has 9 nitrogen and oxygen atoms in total. The zero-order valence-electron chi connectivity index (χ0n) is 16.8. The van der Waals surface area contributed by atoms with Crippen LogP contribution in [0.1, 0.15) is 11.5 Å². The number of aromatic nitrogens is 2. The summed E-state index contributed by atoms with van der Waals surface area (Å²) in [6, 6.07) is 13.5. The normalized spacial score (nSPS) is 11.5. The van der Waals surface area contributed by atoms with Crippen molar-refractivity contribution in [2.75, 3.05) is 20.7 Å². The highest BCUT2D eigenvalue weighted by Gasteiger charge is 2.20. The van der Waals surface area contributed by atoms with E-state index in [2.05, 4.69) is 15.5 Å². The molecule has 0 aliphatic heterocycles. The third kappa shape index (κ3) is 5.02. The summed E-state index contributed by atoms with van der Waals surface area (Å²) in [7, 11) is -0.678. The average molecular weight is 430 g/mol. The van der Waals surface area contributed by atoms with Crippen molar-refractivity contribution < 1.29 is 22.5 Å². The molecule has 1 aromatic heterocycles. The van der Waals surface area contributed by atoms with Crippen LogP contribution >= 0.6 is 0 Å². The van der Waals surface area contributed by atoms with Gasteiger partial charge in [0.05, 0.1) is 4.90 Å². The number of amides is 1. The van der Waals surface area contributed by atoms with Crippen LogP contribution in [0.5, 0.6) is 5.75 Å². The molecular weight excluding hydrogens is 408 g/mol. The number of carbonyl (C=O) groups is 1. The highest BCUT2D eigenvalue weighted by atomic mass is 32.2. The zero-order valence-corrected chi connectivity index (χ0v) is 17.6. The molecule has 10 heteroatoms. The fourth-order valence-electron chi connectivity index (χ4n) is 2.61. The molecule has 0 bridgehead atoms. The Bertz CT molecular complexity index is 1120. The maximum absolute atomic E-state index is 12.4. The summed E-state index contributed by atoms with van der Waals surface area (Å²) in [6.07, 6.45) is 0. The molecule has 0 fully saturated rings. The molecule has 3 rings (SSSR count). The number of benzene rings is 2. The Kier molecular flexibility index (Phi) is 6.48. The molecule has 0 aliphatic carbocycles. The topological polar surface area (TPSA) is 115 Å². The van der Waals surface area contributed by atoms with Gasteiger partial charge in [0.25, 0.3) is 5.91 Å². The van der Waals surface area contributed by atoms with Gasteiger partial charge >= 0.3 is 0 Å². The minimum Gasteiger partial charge on any atom is -0.484 e. The first-order chi connectivity index (χ1) is 14.3. The number of carbonyl (C=O) groups excluding carboxylic acids is 1. The Morgan fingerprint density at radius 2 is 1.83 bits per heavy atom. The number of hydrogen-bond donors (Lipinski definition) is 1. The van der Waals surface area contributed by atoms with E-state index in [9.17, 15) is 13.2 Å². The molecule has 0 spiro atoms. The minimum absolute atomic E-state index is 0.0710. The first-order valence-corrected chi connectivity index (χ1v) is 10.5. The predicted molar refractivity (Wildman–Crippen MR) is 109 cm³/mol. The quantitative estimate of drug-likeness (QED) is 0.581. The molecule has 0 unspecified atom stereocenters. The van der Waals surface area contributed by atoms with Crippen molar-refractivity contribution in [3.05, 3.63) is 60.0 Å². The van der Waals surface area contributed by atoms with E-state index in [1.165, 1.54) is 20.2 Å². The average Bonchev–Trinajstić information content (AvgIpc) is 3.17. The first-order valence-electron chi connectivity index (χ1n) is 9.08. The second-order valence-corrected chi connectivity index (χ2v) is 8.74. The van der Waals surface area contributed by atoms with Crippen LogP contribution in [0, 0.1) is 6.92 Å². The van der Waals surface area contributed by atoms with Crippen LogP contribution in [-0.4, -0.2) is 49.5 Å². The van der Waals surface area contributed by atoms with Crippen LogP contribution in [0.4, 0.5) is 0 Å². The molecule has 0 atom stereocenters. The lowest BCUT2D eigenvalue weighted by molar-refractivity contribution is -0.123. The van der Waals surface area contributed by atoms with Crippen LogP contribution in [0.15, 0.2) is 57.9 Å². The number of rotatable bonds is 8. The van der Waals surface area contributed by atoms with E-state index in [-0.39, 0.29) is 24.0 Å². The van der Waals surface area contributed by atoms with Gasteiger partial charge in [-0.1, -0.05) is 23.4 Å². The van der Waals surface area contributed by atoms with E-state index >= 15 is 0 Å². The predicted octanol–water partition coefficient (Wildman–Crippen LogP) is 1.99. The molecule has 30 heavy (non-hydrogen) atoms. The Morgan fingerprint density at radius 3 is 2.47 bits per heavy atom. The number of hydrogen-bond acceptors (Lipinski definition) is 7. The summed E-state index contributed by atoms with van der Waals surface area (Å²) in [5, 5.41) is 6.52. The third-order valence-electron chi connectivity index (χ3n) is 4.22. The SMILES string of the molecule is Cc1nc(-c2ccc(OCC(=O)NCc3ccccc3S(=O)(=O)N(C)C)cc2)no1. The van der Waals surface area contributed by atoms with E-state index < -0.39 is 10.0 Å². The molecule has 0 saturated heterocycles. The van der Waals surface area contributed by atoms with Gasteiger partial charge in [0, 0.05) is 33.1 Å². The Balaban J connectivity index is 1.56. The van der Waals surface area contributed by atoms with Gasteiger partial charge in [-0.05, 0) is 35.9 Å². The van der Waals surface area contributed by atoms with E-state index in [1.54, 1.807) is 49.4 Å². The van der Waals surface area contributed by atoms with Crippen molar-refractivity contribution in [3.63, 3.8) is 0 Å². The molecule has 3 aromatic rings. The van der Waals surface area contributed by atoms with Crippen molar-refractivity contribution in [3.8, 4) is 17.1 Å². The highest BCUT2D eigenvalue weighted by molar-refractivity contribution is 7.89. The van der Waals surface area contributed by atoms with Gasteiger partial charge in [0.2, 0.25) is 21.7 Å². The summed E-state index contributed by atoms with van der Waals surface area (Å²) in [4.78, 5) is 16.4. The fourth-order valence-corrected chi connectivity index (χ4v) is 3.72. The Morgan fingerprint density at radius 1 is 1.13 bits per heavy atom. The number of aryl methyl sites for hydroxylation is 1. The zero-order chi connectivity index (χ0) is 21.7. The molecular formula is C20H22N4O5S. The maximum Gasteiger partial charge on any atom is 0.258 e. The van der Waals surface area contributed by atoms with E-state index in [0.717, 1.165) is 9.87 Å². The first kappa shape index (κ1) is 21.5. The molecule has 1 heterocycles. The summed E-state index contributed by atoms with van der Waals surface area (Å²) in [5.41, 5.74) is 1.27. The third-order valence-corrected chi connectivity index (χ3v) is 6.13. The van der Waals surface area contributed by atoms with Crippen LogP contribution < -0.4 is 10.1 Å². The lowest BCUT2D eigenvalue weighted by Gasteiger charge is -2.15. The van der Waals surface area contributed by atoms with Crippen LogP contribution in [0.25, 0.3) is 11.4 Å². The molecule has 158 valence electrons. The Labute approximate surface area is 174 Å². The largest absolute Gasteiger partial charge is 0.484 e. The molecule has 0 aliphatic rings. The number of nitrogens with one attached hydrogen (secondary N) is 1.